The highest BCUT2D eigenvalue weighted by molar-refractivity contribution is 5.81. The van der Waals surface area contributed by atoms with Crippen LogP contribution in [0.5, 0.6) is 0 Å². The molecule has 0 aromatic carbocycles. The Balaban J connectivity index is 3.55. The number of carbonyl (C=O) groups excluding carboxylic acids is 2. The van der Waals surface area contributed by atoms with Crippen molar-refractivity contribution in [2.24, 2.45) is 0 Å². The Hall–Kier alpha value is -1.30. The van der Waals surface area contributed by atoms with Gasteiger partial charge in [-0.1, -0.05) is 155 Å². The van der Waals surface area contributed by atoms with Crippen LogP contribution in [0.1, 0.15) is 168 Å². The molecule has 1 amide bonds. The SMILES string of the molecule is CCCCCCCCCCCCCCCCOC(=O)C(CO)NC(=O)OCCCCCCCCCCCC. The molecule has 226 valence electrons. The second kappa shape index (κ2) is 30.2. The van der Waals surface area contributed by atoms with Gasteiger partial charge in [-0.25, -0.2) is 9.59 Å². The van der Waals surface area contributed by atoms with Crippen molar-refractivity contribution in [2.45, 2.75) is 174 Å². The van der Waals surface area contributed by atoms with Gasteiger partial charge in [0.15, 0.2) is 6.04 Å². The Morgan fingerprint density at radius 1 is 0.526 bits per heavy atom. The third-order valence-corrected chi connectivity index (χ3v) is 7.23. The van der Waals surface area contributed by atoms with Crippen molar-refractivity contribution >= 4 is 12.1 Å². The number of rotatable bonds is 29. The molecule has 0 aromatic heterocycles. The van der Waals surface area contributed by atoms with Crippen molar-refractivity contribution < 1.29 is 24.2 Å². The summed E-state index contributed by atoms with van der Waals surface area (Å²) in [7, 11) is 0. The van der Waals surface area contributed by atoms with Crippen molar-refractivity contribution in [2.75, 3.05) is 19.8 Å². The minimum Gasteiger partial charge on any atom is -0.464 e. The van der Waals surface area contributed by atoms with E-state index >= 15 is 0 Å². The van der Waals surface area contributed by atoms with E-state index in [1.807, 2.05) is 0 Å². The maximum atomic E-state index is 12.2. The zero-order valence-corrected chi connectivity index (χ0v) is 25.2. The Bertz CT molecular complexity index is 514. The first kappa shape index (κ1) is 36.7. The minimum atomic E-state index is -1.07. The molecule has 0 bridgehead atoms. The van der Waals surface area contributed by atoms with Gasteiger partial charge in [0.25, 0.3) is 0 Å². The average Bonchev–Trinajstić information content (AvgIpc) is 2.92. The number of hydrogen-bond donors (Lipinski definition) is 2. The molecule has 0 aliphatic heterocycles. The number of carbonyl (C=O) groups is 2. The summed E-state index contributed by atoms with van der Waals surface area (Å²) in [5.74, 6) is -0.599. The van der Waals surface area contributed by atoms with Crippen LogP contribution in [0.15, 0.2) is 0 Å². The first-order valence-electron chi connectivity index (χ1n) is 16.4. The molecule has 0 aromatic rings. The highest BCUT2D eigenvalue weighted by Crippen LogP contribution is 2.13. The molecule has 0 aliphatic carbocycles. The molecular formula is C32H63NO5. The van der Waals surface area contributed by atoms with Gasteiger partial charge in [0.2, 0.25) is 0 Å². The zero-order chi connectivity index (χ0) is 27.9. The van der Waals surface area contributed by atoms with Crippen molar-refractivity contribution in [3.63, 3.8) is 0 Å². The lowest BCUT2D eigenvalue weighted by Gasteiger charge is -2.15. The van der Waals surface area contributed by atoms with Crippen LogP contribution in [-0.2, 0) is 14.3 Å². The number of alkyl carbamates (subject to hydrolysis) is 1. The fraction of sp³-hybridized carbons (Fsp3) is 0.938. The van der Waals surface area contributed by atoms with Crippen LogP contribution in [0, 0.1) is 0 Å². The molecule has 0 fully saturated rings. The highest BCUT2D eigenvalue weighted by Gasteiger charge is 2.22. The summed E-state index contributed by atoms with van der Waals surface area (Å²) in [6, 6.07) is -1.07. The monoisotopic (exact) mass is 541 g/mol. The molecular weight excluding hydrogens is 478 g/mol. The van der Waals surface area contributed by atoms with Gasteiger partial charge in [-0.3, -0.25) is 0 Å². The van der Waals surface area contributed by atoms with Crippen LogP contribution in [-0.4, -0.2) is 43.0 Å². The van der Waals surface area contributed by atoms with Crippen LogP contribution in [0.25, 0.3) is 0 Å². The molecule has 0 saturated heterocycles. The average molecular weight is 542 g/mol. The Kier molecular flexibility index (Phi) is 29.2. The van der Waals surface area contributed by atoms with E-state index in [4.69, 9.17) is 9.47 Å². The summed E-state index contributed by atoms with van der Waals surface area (Å²) in [6.07, 6.45) is 29.3. The first-order chi connectivity index (χ1) is 18.7. The van der Waals surface area contributed by atoms with E-state index in [1.165, 1.54) is 116 Å². The number of amides is 1. The fourth-order valence-corrected chi connectivity index (χ4v) is 4.69. The summed E-state index contributed by atoms with van der Waals surface area (Å²) in [6.45, 7) is 4.65. The van der Waals surface area contributed by atoms with Crippen LogP contribution in [0.4, 0.5) is 4.79 Å². The molecule has 0 radical (unpaired) electrons. The van der Waals surface area contributed by atoms with E-state index in [0.29, 0.717) is 13.2 Å². The van der Waals surface area contributed by atoms with E-state index in [-0.39, 0.29) is 0 Å². The molecule has 0 spiro atoms. The van der Waals surface area contributed by atoms with Crippen LogP contribution < -0.4 is 5.32 Å². The third-order valence-electron chi connectivity index (χ3n) is 7.23. The van der Waals surface area contributed by atoms with Gasteiger partial charge in [-0.15, -0.1) is 0 Å². The second-order valence-corrected chi connectivity index (χ2v) is 11.0. The largest absolute Gasteiger partial charge is 0.464 e. The highest BCUT2D eigenvalue weighted by atomic mass is 16.6. The fourth-order valence-electron chi connectivity index (χ4n) is 4.69. The molecule has 0 aliphatic rings. The van der Waals surface area contributed by atoms with E-state index in [9.17, 15) is 14.7 Å². The van der Waals surface area contributed by atoms with Crippen LogP contribution >= 0.6 is 0 Å². The summed E-state index contributed by atoms with van der Waals surface area (Å²) in [5.41, 5.74) is 0. The van der Waals surface area contributed by atoms with Gasteiger partial charge >= 0.3 is 12.1 Å². The molecule has 38 heavy (non-hydrogen) atoms. The maximum absolute atomic E-state index is 12.2. The van der Waals surface area contributed by atoms with Gasteiger partial charge in [0.1, 0.15) is 0 Å². The number of esters is 1. The van der Waals surface area contributed by atoms with Gasteiger partial charge in [-0.2, -0.15) is 0 Å². The van der Waals surface area contributed by atoms with Crippen molar-refractivity contribution in [1.82, 2.24) is 5.32 Å². The maximum Gasteiger partial charge on any atom is 0.407 e. The summed E-state index contributed by atoms with van der Waals surface area (Å²) < 4.78 is 10.4. The molecule has 2 N–H and O–H groups in total. The molecule has 0 heterocycles. The first-order valence-corrected chi connectivity index (χ1v) is 16.4. The van der Waals surface area contributed by atoms with Crippen molar-refractivity contribution in [3.8, 4) is 0 Å². The van der Waals surface area contributed by atoms with E-state index in [2.05, 4.69) is 19.2 Å². The van der Waals surface area contributed by atoms with Crippen LogP contribution in [0.2, 0.25) is 0 Å². The van der Waals surface area contributed by atoms with Crippen molar-refractivity contribution in [3.05, 3.63) is 0 Å². The lowest BCUT2D eigenvalue weighted by Crippen LogP contribution is -2.44. The number of nitrogens with one attached hydrogen (secondary N) is 1. The number of ether oxygens (including phenoxy) is 2. The van der Waals surface area contributed by atoms with Gasteiger partial charge < -0.3 is 19.9 Å². The molecule has 0 rings (SSSR count). The lowest BCUT2D eigenvalue weighted by molar-refractivity contribution is -0.147. The second-order valence-electron chi connectivity index (χ2n) is 11.0. The number of aliphatic hydroxyl groups is 1. The molecule has 0 saturated carbocycles. The Morgan fingerprint density at radius 3 is 1.18 bits per heavy atom. The zero-order valence-electron chi connectivity index (χ0n) is 25.2. The predicted molar refractivity (Wildman–Crippen MR) is 158 cm³/mol. The lowest BCUT2D eigenvalue weighted by atomic mass is 10.0. The summed E-state index contributed by atoms with van der Waals surface area (Å²) >= 11 is 0. The number of aliphatic hydroxyl groups excluding tert-OH is 1. The van der Waals surface area contributed by atoms with Crippen molar-refractivity contribution in [1.29, 1.82) is 0 Å². The normalized spacial score (nSPS) is 11.9. The van der Waals surface area contributed by atoms with E-state index in [1.54, 1.807) is 0 Å². The van der Waals surface area contributed by atoms with Gasteiger partial charge in [0.05, 0.1) is 19.8 Å². The third kappa shape index (κ3) is 26.3. The van der Waals surface area contributed by atoms with Gasteiger partial charge in [-0.05, 0) is 12.8 Å². The summed E-state index contributed by atoms with van der Waals surface area (Å²) in [5, 5.41) is 11.9. The number of hydrogen-bond acceptors (Lipinski definition) is 5. The molecule has 6 nitrogen and oxygen atoms in total. The number of unbranched alkanes of at least 4 members (excludes halogenated alkanes) is 22. The smallest absolute Gasteiger partial charge is 0.407 e. The standard InChI is InChI=1S/C32H63NO5/c1-3-5-7-9-11-13-15-16-17-18-20-21-23-25-27-37-31(35)30(29-34)33-32(36)38-28-26-24-22-19-14-12-10-8-6-4-2/h30,34H,3-29H2,1-2H3,(H,33,36). The molecule has 6 heteroatoms. The molecule has 1 atom stereocenters. The minimum absolute atomic E-state index is 0.322. The Morgan fingerprint density at radius 2 is 0.842 bits per heavy atom. The van der Waals surface area contributed by atoms with Crippen LogP contribution in [0.3, 0.4) is 0 Å². The quantitative estimate of drug-likeness (QED) is 0.0729. The Labute approximate surface area is 235 Å². The van der Waals surface area contributed by atoms with Gasteiger partial charge in [0, 0.05) is 0 Å². The van der Waals surface area contributed by atoms with E-state index < -0.39 is 24.7 Å². The predicted octanol–water partition coefficient (Wildman–Crippen LogP) is 9.02. The topological polar surface area (TPSA) is 84.9 Å². The summed E-state index contributed by atoms with van der Waals surface area (Å²) in [4.78, 5) is 24.1. The van der Waals surface area contributed by atoms with E-state index in [0.717, 1.165) is 38.5 Å². The molecule has 1 unspecified atom stereocenters.